The van der Waals surface area contributed by atoms with Crippen molar-refractivity contribution in [2.75, 3.05) is 18.6 Å². The molecule has 0 spiro atoms. The second-order valence-corrected chi connectivity index (χ2v) is 6.53. The Hall–Kier alpha value is -3.55. The summed E-state index contributed by atoms with van der Waals surface area (Å²) in [6.45, 7) is 0.0381. The third kappa shape index (κ3) is 3.62. The first-order chi connectivity index (χ1) is 13.6. The summed E-state index contributed by atoms with van der Waals surface area (Å²) in [7, 11) is 1.65. The number of anilines is 1. The van der Waals surface area contributed by atoms with E-state index in [4.69, 9.17) is 9.47 Å². The maximum atomic E-state index is 12.7. The number of carbonyl (C=O) groups excluding carboxylic acids is 2. The number of ether oxygens (including phenoxy) is 2. The molecule has 8 nitrogen and oxygen atoms in total. The van der Waals surface area contributed by atoms with Gasteiger partial charge in [0.2, 0.25) is 5.90 Å². The molecule has 0 bridgehead atoms. The average Bonchev–Trinajstić information content (AvgIpc) is 3.15. The van der Waals surface area contributed by atoms with E-state index in [1.165, 1.54) is 4.90 Å². The van der Waals surface area contributed by atoms with Crippen LogP contribution in [-0.4, -0.2) is 43.6 Å². The average molecular weight is 380 g/mol. The van der Waals surface area contributed by atoms with Gasteiger partial charge in [-0.2, -0.15) is 0 Å². The molecule has 2 amide bonds. The van der Waals surface area contributed by atoms with Crippen molar-refractivity contribution in [3.05, 3.63) is 60.2 Å². The van der Waals surface area contributed by atoms with E-state index in [2.05, 4.69) is 15.8 Å². The Kier molecular flexibility index (Phi) is 4.84. The van der Waals surface area contributed by atoms with Gasteiger partial charge in [0.15, 0.2) is 0 Å². The predicted octanol–water partition coefficient (Wildman–Crippen LogP) is 1.03. The first-order valence-electron chi connectivity index (χ1n) is 8.94. The van der Waals surface area contributed by atoms with Crippen molar-refractivity contribution in [3.63, 3.8) is 0 Å². The number of carbonyl (C=O) groups is 2. The number of likely N-dealkylation sites (N-methyl/N-ethyl adjacent to an activating group) is 1. The van der Waals surface area contributed by atoms with E-state index in [0.29, 0.717) is 23.8 Å². The van der Waals surface area contributed by atoms with Crippen LogP contribution in [0.25, 0.3) is 0 Å². The molecule has 2 atom stereocenters. The highest BCUT2D eigenvalue weighted by Gasteiger charge is 2.34. The van der Waals surface area contributed by atoms with Crippen LogP contribution in [0, 0.1) is 0 Å². The van der Waals surface area contributed by atoms with Crippen LogP contribution in [0.2, 0.25) is 0 Å². The molecule has 0 saturated carbocycles. The number of hydrogen-bond donors (Lipinski definition) is 2. The van der Waals surface area contributed by atoms with Crippen molar-refractivity contribution in [1.82, 2.24) is 10.7 Å². The Bertz CT molecular complexity index is 915. The van der Waals surface area contributed by atoms with Crippen LogP contribution in [0.1, 0.15) is 5.56 Å². The summed E-state index contributed by atoms with van der Waals surface area (Å²) >= 11 is 0. The molecule has 0 radical (unpaired) electrons. The highest BCUT2D eigenvalue weighted by Crippen LogP contribution is 2.29. The predicted molar refractivity (Wildman–Crippen MR) is 103 cm³/mol. The Morgan fingerprint density at radius 3 is 2.79 bits per heavy atom. The van der Waals surface area contributed by atoms with Gasteiger partial charge in [0.1, 0.15) is 18.4 Å². The quantitative estimate of drug-likeness (QED) is 0.827. The summed E-state index contributed by atoms with van der Waals surface area (Å²) in [5.74, 6) is 0.271. The number of nitrogens with one attached hydrogen (secondary N) is 2. The number of amides is 2. The zero-order chi connectivity index (χ0) is 19.5. The lowest BCUT2D eigenvalue weighted by atomic mass is 10.1. The molecule has 2 aliphatic heterocycles. The molecular weight excluding hydrogens is 360 g/mol. The van der Waals surface area contributed by atoms with Crippen LogP contribution in [0.3, 0.4) is 0 Å². The fourth-order valence-electron chi connectivity index (χ4n) is 3.09. The van der Waals surface area contributed by atoms with Crippen LogP contribution in [0.4, 0.5) is 5.69 Å². The molecule has 2 aromatic rings. The lowest BCUT2D eigenvalue weighted by Gasteiger charge is -2.21. The summed E-state index contributed by atoms with van der Waals surface area (Å²) < 4.78 is 11.3. The molecule has 0 aromatic heterocycles. The topological polar surface area (TPSA) is 92.3 Å². The second kappa shape index (κ2) is 7.59. The maximum Gasteiger partial charge on any atom is 0.284 e. The van der Waals surface area contributed by atoms with Gasteiger partial charge in [-0.25, -0.2) is 0 Å². The largest absolute Gasteiger partial charge is 0.489 e. The number of benzene rings is 2. The zero-order valence-corrected chi connectivity index (χ0v) is 15.3. The molecule has 1 unspecified atom stereocenters. The first-order valence-corrected chi connectivity index (χ1v) is 8.94. The van der Waals surface area contributed by atoms with Crippen molar-refractivity contribution in [2.24, 2.45) is 5.10 Å². The van der Waals surface area contributed by atoms with Crippen LogP contribution >= 0.6 is 0 Å². The van der Waals surface area contributed by atoms with Gasteiger partial charge in [0.05, 0.1) is 12.1 Å². The Morgan fingerprint density at radius 2 is 1.96 bits per heavy atom. The van der Waals surface area contributed by atoms with E-state index in [1.54, 1.807) is 19.2 Å². The Labute approximate surface area is 162 Å². The molecule has 0 fully saturated rings. The maximum absolute atomic E-state index is 12.7. The van der Waals surface area contributed by atoms with Gasteiger partial charge in [-0.15, -0.1) is 5.10 Å². The smallest absolute Gasteiger partial charge is 0.284 e. The molecule has 144 valence electrons. The van der Waals surface area contributed by atoms with E-state index in [-0.39, 0.29) is 12.5 Å². The number of hydrazone groups is 1. The lowest BCUT2D eigenvalue weighted by molar-refractivity contribution is -0.133. The fraction of sp³-hybridized carbons (Fsp3) is 0.250. The monoisotopic (exact) mass is 380 g/mol. The second-order valence-electron chi connectivity index (χ2n) is 6.53. The highest BCUT2D eigenvalue weighted by atomic mass is 16.5. The standard InChI is InChI=1S/C20H20N4O4/c1-24-15-9-5-6-10-16(15)27-12-14(20(24)26)21-18(25)19-23-22-17(28-19)11-13-7-3-2-4-8-13/h2-10,14,19,23H,11-12H2,1H3,(H,21,25)/t14-,19?/m0/s1. The van der Waals surface area contributed by atoms with Crippen molar-refractivity contribution in [1.29, 1.82) is 0 Å². The normalized spacial score (nSPS) is 20.8. The summed E-state index contributed by atoms with van der Waals surface area (Å²) in [6, 6.07) is 16.1. The SMILES string of the molecule is CN1C(=O)[C@@H](NC(=O)C2NN=C(Cc3ccccc3)O2)COc2ccccc21. The number of para-hydroxylation sites is 2. The molecule has 0 saturated heterocycles. The molecular formula is C20H20N4O4. The third-order valence-corrected chi connectivity index (χ3v) is 4.57. The first kappa shape index (κ1) is 17.8. The van der Waals surface area contributed by atoms with Crippen molar-refractivity contribution in [3.8, 4) is 5.75 Å². The van der Waals surface area contributed by atoms with Gasteiger partial charge < -0.3 is 19.7 Å². The lowest BCUT2D eigenvalue weighted by Crippen LogP contribution is -2.53. The summed E-state index contributed by atoms with van der Waals surface area (Å²) in [5, 5.41) is 6.75. The minimum atomic E-state index is -0.984. The molecule has 2 heterocycles. The van der Waals surface area contributed by atoms with E-state index in [9.17, 15) is 9.59 Å². The number of hydrogen-bond acceptors (Lipinski definition) is 6. The summed E-state index contributed by atoms with van der Waals surface area (Å²) in [5.41, 5.74) is 4.35. The van der Waals surface area contributed by atoms with Gasteiger partial charge in [-0.3, -0.25) is 15.0 Å². The highest BCUT2D eigenvalue weighted by molar-refractivity contribution is 6.01. The van der Waals surface area contributed by atoms with Gasteiger partial charge in [0.25, 0.3) is 18.0 Å². The zero-order valence-electron chi connectivity index (χ0n) is 15.3. The van der Waals surface area contributed by atoms with E-state index >= 15 is 0 Å². The Balaban J connectivity index is 1.36. The molecule has 2 aromatic carbocycles. The van der Waals surface area contributed by atoms with Crippen LogP contribution in [0.5, 0.6) is 5.75 Å². The summed E-state index contributed by atoms with van der Waals surface area (Å²) in [4.78, 5) is 26.7. The number of nitrogens with zero attached hydrogens (tertiary/aromatic N) is 2. The number of fused-ring (bicyclic) bond motifs is 1. The van der Waals surface area contributed by atoms with Crippen molar-refractivity contribution < 1.29 is 19.1 Å². The van der Waals surface area contributed by atoms with Gasteiger partial charge in [0, 0.05) is 7.05 Å². The molecule has 2 N–H and O–H groups in total. The molecule has 8 heteroatoms. The molecule has 2 aliphatic rings. The molecule has 28 heavy (non-hydrogen) atoms. The van der Waals surface area contributed by atoms with Crippen LogP contribution in [0.15, 0.2) is 59.7 Å². The fourth-order valence-corrected chi connectivity index (χ4v) is 3.09. The summed E-state index contributed by atoms with van der Waals surface area (Å²) in [6.07, 6.45) is -0.510. The van der Waals surface area contributed by atoms with Crippen LogP contribution in [-0.2, 0) is 20.7 Å². The van der Waals surface area contributed by atoms with Gasteiger partial charge in [-0.1, -0.05) is 42.5 Å². The van der Waals surface area contributed by atoms with Crippen molar-refractivity contribution >= 4 is 23.4 Å². The third-order valence-electron chi connectivity index (χ3n) is 4.57. The number of rotatable bonds is 4. The van der Waals surface area contributed by atoms with Crippen LogP contribution < -0.4 is 20.4 Å². The minimum absolute atomic E-state index is 0.0381. The van der Waals surface area contributed by atoms with Gasteiger partial charge >= 0.3 is 0 Å². The molecule has 4 rings (SSSR count). The van der Waals surface area contributed by atoms with E-state index < -0.39 is 18.2 Å². The van der Waals surface area contributed by atoms with Gasteiger partial charge in [-0.05, 0) is 17.7 Å². The van der Waals surface area contributed by atoms with E-state index in [0.717, 1.165) is 5.56 Å². The minimum Gasteiger partial charge on any atom is -0.489 e. The molecule has 0 aliphatic carbocycles. The Morgan fingerprint density at radius 1 is 1.21 bits per heavy atom. The van der Waals surface area contributed by atoms with E-state index in [1.807, 2.05) is 42.5 Å². The van der Waals surface area contributed by atoms with Crippen molar-refractivity contribution in [2.45, 2.75) is 18.7 Å².